The first kappa shape index (κ1) is 20.5. The Hall–Kier alpha value is -3.20. The van der Waals surface area contributed by atoms with E-state index in [1.807, 2.05) is 37.3 Å². The Morgan fingerprint density at radius 3 is 2.55 bits per heavy atom. The highest BCUT2D eigenvalue weighted by molar-refractivity contribution is 5.72. The summed E-state index contributed by atoms with van der Waals surface area (Å²) in [5, 5.41) is 0. The highest BCUT2D eigenvalue weighted by atomic mass is 16.5. The van der Waals surface area contributed by atoms with Crippen molar-refractivity contribution in [3.05, 3.63) is 63.1 Å². The molecule has 0 radical (unpaired) electrons. The topological polar surface area (TPSA) is 97.3 Å². The van der Waals surface area contributed by atoms with E-state index in [1.54, 1.807) is 11.7 Å². The third kappa shape index (κ3) is 4.45. The zero-order valence-electron chi connectivity index (χ0n) is 16.5. The van der Waals surface area contributed by atoms with E-state index < -0.39 is 23.8 Å². The predicted octanol–water partition coefficient (Wildman–Crippen LogP) is 1.01. The van der Waals surface area contributed by atoms with Crippen LogP contribution in [0.4, 0.5) is 0 Å². The number of carbonyl (C=O) groups excluding carboxylic acids is 1. The van der Waals surface area contributed by atoms with E-state index in [-0.39, 0.29) is 24.3 Å². The molecule has 2 aromatic heterocycles. The van der Waals surface area contributed by atoms with Crippen LogP contribution in [0.2, 0.25) is 0 Å². The normalized spacial score (nSPS) is 11.1. The number of rotatable bonds is 9. The number of imidazole rings is 1. The van der Waals surface area contributed by atoms with Crippen LogP contribution < -0.4 is 11.2 Å². The SMILES string of the molecule is CCCOC(=O)Cn1c(=O)c2c(ncn2CCOC)n(Cc2ccccc2)c1=O. The minimum absolute atomic E-state index is 0.224. The van der Waals surface area contributed by atoms with Gasteiger partial charge in [-0.05, 0) is 12.0 Å². The third-order valence-electron chi connectivity index (χ3n) is 4.46. The van der Waals surface area contributed by atoms with E-state index >= 15 is 0 Å². The van der Waals surface area contributed by atoms with E-state index in [1.165, 1.54) is 10.9 Å². The molecule has 0 N–H and O–H groups in total. The van der Waals surface area contributed by atoms with Crippen molar-refractivity contribution in [2.45, 2.75) is 33.0 Å². The minimum Gasteiger partial charge on any atom is -0.464 e. The summed E-state index contributed by atoms with van der Waals surface area (Å²) < 4.78 is 14.1. The van der Waals surface area contributed by atoms with Gasteiger partial charge in [0, 0.05) is 13.7 Å². The lowest BCUT2D eigenvalue weighted by Crippen LogP contribution is -2.42. The van der Waals surface area contributed by atoms with E-state index in [0.717, 1.165) is 10.1 Å². The first-order valence-corrected chi connectivity index (χ1v) is 9.43. The van der Waals surface area contributed by atoms with Crippen LogP contribution >= 0.6 is 0 Å². The largest absolute Gasteiger partial charge is 0.464 e. The molecule has 154 valence electrons. The van der Waals surface area contributed by atoms with Crippen LogP contribution in [-0.2, 0) is 33.9 Å². The summed E-state index contributed by atoms with van der Waals surface area (Å²) in [4.78, 5) is 42.5. The monoisotopic (exact) mass is 400 g/mol. The van der Waals surface area contributed by atoms with Gasteiger partial charge in [-0.3, -0.25) is 14.2 Å². The van der Waals surface area contributed by atoms with Gasteiger partial charge in [0.15, 0.2) is 11.2 Å². The maximum atomic E-state index is 13.1. The lowest BCUT2D eigenvalue weighted by atomic mass is 10.2. The van der Waals surface area contributed by atoms with E-state index in [4.69, 9.17) is 9.47 Å². The van der Waals surface area contributed by atoms with Crippen LogP contribution in [-0.4, -0.2) is 45.0 Å². The van der Waals surface area contributed by atoms with Crippen LogP contribution in [0.15, 0.2) is 46.2 Å². The van der Waals surface area contributed by atoms with Gasteiger partial charge in [-0.2, -0.15) is 0 Å². The van der Waals surface area contributed by atoms with Gasteiger partial charge >= 0.3 is 11.7 Å². The molecule has 0 unspecified atom stereocenters. The number of fused-ring (bicyclic) bond motifs is 1. The number of ether oxygens (including phenoxy) is 2. The molecule has 0 amide bonds. The molecule has 0 aliphatic carbocycles. The number of nitrogens with zero attached hydrogens (tertiary/aromatic N) is 4. The first-order chi connectivity index (χ1) is 14.1. The third-order valence-corrected chi connectivity index (χ3v) is 4.46. The number of benzene rings is 1. The molecule has 9 heteroatoms. The van der Waals surface area contributed by atoms with Crippen molar-refractivity contribution < 1.29 is 14.3 Å². The Bertz CT molecular complexity index is 1100. The molecule has 1 aromatic carbocycles. The molecule has 0 fully saturated rings. The molecular formula is C20H24N4O5. The molecular weight excluding hydrogens is 376 g/mol. The Morgan fingerprint density at radius 1 is 1.10 bits per heavy atom. The summed E-state index contributed by atoms with van der Waals surface area (Å²) in [6, 6.07) is 9.38. The van der Waals surface area contributed by atoms with Gasteiger partial charge in [0.2, 0.25) is 0 Å². The number of carbonyl (C=O) groups is 1. The fourth-order valence-electron chi connectivity index (χ4n) is 3.04. The quantitative estimate of drug-likeness (QED) is 0.497. The van der Waals surface area contributed by atoms with Crippen molar-refractivity contribution in [2.75, 3.05) is 20.3 Å². The number of methoxy groups -OCH3 is 1. The van der Waals surface area contributed by atoms with Crippen molar-refractivity contribution in [3.8, 4) is 0 Å². The molecule has 3 rings (SSSR count). The van der Waals surface area contributed by atoms with Gasteiger partial charge in [0.05, 0.1) is 26.1 Å². The molecule has 9 nitrogen and oxygen atoms in total. The Balaban J connectivity index is 2.14. The van der Waals surface area contributed by atoms with Gasteiger partial charge in [-0.15, -0.1) is 0 Å². The lowest BCUT2D eigenvalue weighted by Gasteiger charge is -2.12. The maximum absolute atomic E-state index is 13.1. The fraction of sp³-hybridized carbons (Fsp3) is 0.400. The average molecular weight is 400 g/mol. The van der Waals surface area contributed by atoms with Crippen LogP contribution in [0, 0.1) is 0 Å². The van der Waals surface area contributed by atoms with Crippen LogP contribution in [0.5, 0.6) is 0 Å². The number of esters is 1. The number of hydrogen-bond donors (Lipinski definition) is 0. The molecule has 0 aliphatic heterocycles. The Morgan fingerprint density at radius 2 is 1.86 bits per heavy atom. The van der Waals surface area contributed by atoms with Gasteiger partial charge < -0.3 is 14.0 Å². The summed E-state index contributed by atoms with van der Waals surface area (Å²) >= 11 is 0. The highest BCUT2D eigenvalue weighted by Gasteiger charge is 2.20. The van der Waals surface area contributed by atoms with Crippen molar-refractivity contribution in [2.24, 2.45) is 0 Å². The second-order valence-electron chi connectivity index (χ2n) is 6.57. The molecule has 0 saturated carbocycles. The summed E-state index contributed by atoms with van der Waals surface area (Å²) in [5.74, 6) is -0.625. The molecule has 0 bridgehead atoms. The van der Waals surface area contributed by atoms with Crippen molar-refractivity contribution in [3.63, 3.8) is 0 Å². The highest BCUT2D eigenvalue weighted by Crippen LogP contribution is 2.10. The van der Waals surface area contributed by atoms with Crippen LogP contribution in [0.1, 0.15) is 18.9 Å². The standard InChI is InChI=1S/C20H24N4O5/c1-3-10-29-16(25)13-24-19(26)17-18(21-14-22(17)9-11-28-2)23(20(24)27)12-15-7-5-4-6-8-15/h4-8,14H,3,9-13H2,1-2H3. The molecule has 0 aliphatic rings. The van der Waals surface area contributed by atoms with Gasteiger partial charge in [-0.25, -0.2) is 14.3 Å². The van der Waals surface area contributed by atoms with E-state index in [9.17, 15) is 14.4 Å². The number of aromatic nitrogens is 4. The van der Waals surface area contributed by atoms with Gasteiger partial charge in [0.1, 0.15) is 6.54 Å². The van der Waals surface area contributed by atoms with Crippen molar-refractivity contribution >= 4 is 17.1 Å². The minimum atomic E-state index is -0.625. The zero-order valence-corrected chi connectivity index (χ0v) is 16.5. The fourth-order valence-corrected chi connectivity index (χ4v) is 3.04. The molecule has 29 heavy (non-hydrogen) atoms. The molecule has 3 aromatic rings. The van der Waals surface area contributed by atoms with Crippen LogP contribution in [0.25, 0.3) is 11.2 Å². The first-order valence-electron chi connectivity index (χ1n) is 9.43. The smallest absolute Gasteiger partial charge is 0.333 e. The molecule has 0 spiro atoms. The van der Waals surface area contributed by atoms with E-state index in [0.29, 0.717) is 19.6 Å². The molecule has 2 heterocycles. The van der Waals surface area contributed by atoms with E-state index in [2.05, 4.69) is 4.98 Å². The summed E-state index contributed by atoms with van der Waals surface area (Å²) in [6.45, 7) is 2.65. The predicted molar refractivity (Wildman–Crippen MR) is 107 cm³/mol. The number of hydrogen-bond acceptors (Lipinski definition) is 6. The molecule has 0 atom stereocenters. The van der Waals surface area contributed by atoms with Crippen molar-refractivity contribution in [1.82, 2.24) is 18.7 Å². The van der Waals surface area contributed by atoms with Gasteiger partial charge in [0.25, 0.3) is 5.56 Å². The Kier molecular flexibility index (Phi) is 6.61. The van der Waals surface area contributed by atoms with Gasteiger partial charge in [-0.1, -0.05) is 37.3 Å². The summed E-state index contributed by atoms with van der Waals surface area (Å²) in [6.07, 6.45) is 2.16. The van der Waals surface area contributed by atoms with Crippen molar-refractivity contribution in [1.29, 1.82) is 0 Å². The maximum Gasteiger partial charge on any atom is 0.333 e. The molecule has 0 saturated heterocycles. The lowest BCUT2D eigenvalue weighted by molar-refractivity contribution is -0.144. The average Bonchev–Trinajstić information content (AvgIpc) is 3.16. The Labute approximate surface area is 167 Å². The summed E-state index contributed by atoms with van der Waals surface area (Å²) in [5.41, 5.74) is 0.230. The second-order valence-corrected chi connectivity index (χ2v) is 6.57. The second kappa shape index (κ2) is 9.33. The zero-order chi connectivity index (χ0) is 20.8. The van der Waals surface area contributed by atoms with Crippen LogP contribution in [0.3, 0.4) is 0 Å². The summed E-state index contributed by atoms with van der Waals surface area (Å²) in [7, 11) is 1.56.